The summed E-state index contributed by atoms with van der Waals surface area (Å²) in [6.07, 6.45) is 3.03. The number of anilines is 2. The number of hydrogen-bond donors (Lipinski definition) is 1. The molecule has 1 N–H and O–H groups in total. The summed E-state index contributed by atoms with van der Waals surface area (Å²) in [6, 6.07) is 7.86. The first-order valence-electron chi connectivity index (χ1n) is 6.89. The quantitative estimate of drug-likeness (QED) is 0.921. The number of sulfonamides is 1. The van der Waals surface area contributed by atoms with Crippen LogP contribution in [0.4, 0.5) is 11.5 Å². The normalized spacial score (nSPS) is 15.3. The molecule has 8 heteroatoms. The van der Waals surface area contributed by atoms with Crippen molar-refractivity contribution in [1.82, 2.24) is 9.78 Å². The molecule has 1 aliphatic rings. The summed E-state index contributed by atoms with van der Waals surface area (Å²) in [4.78, 5) is 13.5. The lowest BCUT2D eigenvalue weighted by atomic mass is 10.3. The highest BCUT2D eigenvalue weighted by molar-refractivity contribution is 7.92. The van der Waals surface area contributed by atoms with E-state index in [0.29, 0.717) is 13.0 Å². The zero-order valence-corrected chi connectivity index (χ0v) is 12.9. The molecular formula is C14H16N4O3S. The maximum absolute atomic E-state index is 12.3. The average molecular weight is 320 g/mol. The molecule has 1 saturated heterocycles. The van der Waals surface area contributed by atoms with E-state index < -0.39 is 10.0 Å². The number of amides is 1. The fraction of sp³-hybridized carbons (Fsp3) is 0.286. The zero-order valence-electron chi connectivity index (χ0n) is 12.1. The third-order valence-electron chi connectivity index (χ3n) is 3.48. The molecule has 1 fully saturated rings. The van der Waals surface area contributed by atoms with Crippen LogP contribution in [0.3, 0.4) is 0 Å². The minimum Gasteiger partial charge on any atom is -0.312 e. The second-order valence-corrected chi connectivity index (χ2v) is 6.81. The van der Waals surface area contributed by atoms with Gasteiger partial charge in [-0.25, -0.2) is 8.42 Å². The molecule has 0 aliphatic carbocycles. The van der Waals surface area contributed by atoms with E-state index >= 15 is 0 Å². The van der Waals surface area contributed by atoms with Gasteiger partial charge in [-0.3, -0.25) is 14.2 Å². The Kier molecular flexibility index (Phi) is 3.61. The first-order valence-corrected chi connectivity index (χ1v) is 8.37. The number of carbonyl (C=O) groups excluding carboxylic acids is 1. The van der Waals surface area contributed by atoms with E-state index in [0.717, 1.165) is 12.1 Å². The van der Waals surface area contributed by atoms with Gasteiger partial charge in [0.25, 0.3) is 10.0 Å². The highest BCUT2D eigenvalue weighted by atomic mass is 32.2. The fourth-order valence-electron chi connectivity index (χ4n) is 2.39. The molecule has 1 amide bonds. The van der Waals surface area contributed by atoms with Crippen LogP contribution in [-0.2, 0) is 21.9 Å². The Balaban J connectivity index is 1.81. The maximum Gasteiger partial charge on any atom is 0.263 e. The molecule has 7 nitrogen and oxygen atoms in total. The van der Waals surface area contributed by atoms with E-state index in [1.165, 1.54) is 16.8 Å². The number of benzene rings is 1. The van der Waals surface area contributed by atoms with E-state index in [1.807, 2.05) is 0 Å². The highest BCUT2D eigenvalue weighted by Gasteiger charge is 2.22. The van der Waals surface area contributed by atoms with Crippen LogP contribution in [0.25, 0.3) is 0 Å². The Labute approximate surface area is 128 Å². The molecule has 0 radical (unpaired) electrons. The topological polar surface area (TPSA) is 84.3 Å². The first kappa shape index (κ1) is 14.6. The van der Waals surface area contributed by atoms with Crippen molar-refractivity contribution in [2.24, 2.45) is 7.05 Å². The maximum atomic E-state index is 12.3. The molecule has 0 unspecified atom stereocenters. The molecule has 1 aromatic carbocycles. The second-order valence-electron chi connectivity index (χ2n) is 5.12. The second kappa shape index (κ2) is 5.45. The molecule has 116 valence electrons. The predicted molar refractivity (Wildman–Crippen MR) is 82.0 cm³/mol. The van der Waals surface area contributed by atoms with Gasteiger partial charge in [-0.15, -0.1) is 0 Å². The molecule has 0 saturated carbocycles. The molecule has 2 aromatic rings. The standard InChI is InChI=1S/C14H16N4O3S/c1-17-10-8-13(15-17)16-22(20,21)12-6-4-11(5-7-12)18-9-2-3-14(18)19/h4-8,10H,2-3,9H2,1H3,(H,15,16). The van der Waals surface area contributed by atoms with Crippen LogP contribution >= 0.6 is 0 Å². The molecule has 3 rings (SSSR count). The van der Waals surface area contributed by atoms with Crippen molar-refractivity contribution in [2.45, 2.75) is 17.7 Å². The number of carbonyl (C=O) groups is 1. The molecule has 2 heterocycles. The van der Waals surface area contributed by atoms with E-state index in [-0.39, 0.29) is 16.6 Å². The molecule has 1 aliphatic heterocycles. The smallest absolute Gasteiger partial charge is 0.263 e. The monoisotopic (exact) mass is 320 g/mol. The number of nitrogens with one attached hydrogen (secondary N) is 1. The number of rotatable bonds is 4. The Morgan fingerprint density at radius 3 is 2.45 bits per heavy atom. The fourth-order valence-corrected chi connectivity index (χ4v) is 3.39. The zero-order chi connectivity index (χ0) is 15.7. The molecule has 0 spiro atoms. The van der Waals surface area contributed by atoms with Crippen LogP contribution in [0.2, 0.25) is 0 Å². The van der Waals surface area contributed by atoms with Gasteiger partial charge in [-0.1, -0.05) is 0 Å². The lowest BCUT2D eigenvalue weighted by molar-refractivity contribution is -0.117. The van der Waals surface area contributed by atoms with Gasteiger partial charge in [0.1, 0.15) is 0 Å². The Morgan fingerprint density at radius 2 is 1.91 bits per heavy atom. The first-order chi connectivity index (χ1) is 10.5. The van der Waals surface area contributed by atoms with E-state index in [4.69, 9.17) is 0 Å². The third kappa shape index (κ3) is 2.82. The SMILES string of the molecule is Cn1ccc(NS(=O)(=O)c2ccc(N3CCCC3=O)cc2)n1. The van der Waals surface area contributed by atoms with Crippen LogP contribution < -0.4 is 9.62 Å². The number of aromatic nitrogens is 2. The minimum absolute atomic E-state index is 0.0715. The van der Waals surface area contributed by atoms with Gasteiger partial charge in [-0.2, -0.15) is 5.10 Å². The lowest BCUT2D eigenvalue weighted by Crippen LogP contribution is -2.23. The molecule has 0 bridgehead atoms. The third-order valence-corrected chi connectivity index (χ3v) is 4.86. The van der Waals surface area contributed by atoms with Crippen molar-refractivity contribution in [3.05, 3.63) is 36.5 Å². The van der Waals surface area contributed by atoms with E-state index in [9.17, 15) is 13.2 Å². The summed E-state index contributed by atoms with van der Waals surface area (Å²) in [5.74, 6) is 0.337. The molecule has 1 aromatic heterocycles. The van der Waals surface area contributed by atoms with Gasteiger partial charge in [0.05, 0.1) is 4.90 Å². The summed E-state index contributed by atoms with van der Waals surface area (Å²) < 4.78 is 28.5. The van der Waals surface area contributed by atoms with Crippen molar-refractivity contribution >= 4 is 27.4 Å². The van der Waals surface area contributed by atoms with Crippen molar-refractivity contribution in [1.29, 1.82) is 0 Å². The van der Waals surface area contributed by atoms with Crippen molar-refractivity contribution in [2.75, 3.05) is 16.2 Å². The summed E-state index contributed by atoms with van der Waals surface area (Å²) >= 11 is 0. The number of hydrogen-bond acceptors (Lipinski definition) is 4. The number of aryl methyl sites for hydroxylation is 1. The van der Waals surface area contributed by atoms with Crippen LogP contribution in [0.1, 0.15) is 12.8 Å². The average Bonchev–Trinajstić information content (AvgIpc) is 3.07. The molecule has 0 atom stereocenters. The lowest BCUT2D eigenvalue weighted by Gasteiger charge is -2.16. The van der Waals surface area contributed by atoms with Crippen molar-refractivity contribution in [3.63, 3.8) is 0 Å². The molecular weight excluding hydrogens is 304 g/mol. The summed E-state index contributed by atoms with van der Waals surface area (Å²) in [5.41, 5.74) is 0.722. The Morgan fingerprint density at radius 1 is 1.18 bits per heavy atom. The van der Waals surface area contributed by atoms with Crippen LogP contribution in [-0.4, -0.2) is 30.7 Å². The van der Waals surface area contributed by atoms with E-state index in [2.05, 4.69) is 9.82 Å². The van der Waals surface area contributed by atoms with Gasteiger partial charge < -0.3 is 4.90 Å². The largest absolute Gasteiger partial charge is 0.312 e. The van der Waals surface area contributed by atoms with Gasteiger partial charge in [0.15, 0.2) is 5.82 Å². The molecule has 22 heavy (non-hydrogen) atoms. The van der Waals surface area contributed by atoms with Crippen molar-refractivity contribution in [3.8, 4) is 0 Å². The van der Waals surface area contributed by atoms with Crippen molar-refractivity contribution < 1.29 is 13.2 Å². The van der Waals surface area contributed by atoms with Gasteiger partial charge in [0.2, 0.25) is 5.91 Å². The highest BCUT2D eigenvalue weighted by Crippen LogP contribution is 2.23. The van der Waals surface area contributed by atoms with E-state index in [1.54, 1.807) is 36.3 Å². The van der Waals surface area contributed by atoms with Gasteiger partial charge in [0, 0.05) is 38.0 Å². The van der Waals surface area contributed by atoms with Gasteiger partial charge in [-0.05, 0) is 30.7 Å². The summed E-state index contributed by atoms with van der Waals surface area (Å²) in [6.45, 7) is 0.678. The Bertz CT molecular complexity index is 796. The van der Waals surface area contributed by atoms with Crippen LogP contribution in [0, 0.1) is 0 Å². The Hall–Kier alpha value is -2.35. The minimum atomic E-state index is -3.68. The summed E-state index contributed by atoms with van der Waals surface area (Å²) in [7, 11) is -1.98. The van der Waals surface area contributed by atoms with Gasteiger partial charge >= 0.3 is 0 Å². The summed E-state index contributed by atoms with van der Waals surface area (Å²) in [5, 5.41) is 3.99. The predicted octanol–water partition coefficient (Wildman–Crippen LogP) is 1.35. The van der Waals surface area contributed by atoms with Crippen LogP contribution in [0.15, 0.2) is 41.4 Å². The van der Waals surface area contributed by atoms with Crippen LogP contribution in [0.5, 0.6) is 0 Å². The number of nitrogens with zero attached hydrogens (tertiary/aromatic N) is 3.